The molecule has 0 spiro atoms. The minimum Gasteiger partial charge on any atom is -0.450 e. The van der Waals surface area contributed by atoms with Crippen LogP contribution >= 0.6 is 0 Å². The molecule has 2 rings (SSSR count). The van der Waals surface area contributed by atoms with Crippen LogP contribution in [-0.4, -0.2) is 56.2 Å². The molecular weight excluding hydrogens is 306 g/mol. The number of piperazine rings is 1. The highest BCUT2D eigenvalue weighted by Gasteiger charge is 2.25. The Morgan fingerprint density at radius 3 is 2.38 bits per heavy atom. The number of nitrogens with zero attached hydrogens (tertiary/aromatic N) is 1. The van der Waals surface area contributed by atoms with Crippen molar-refractivity contribution in [2.45, 2.75) is 26.7 Å². The summed E-state index contributed by atoms with van der Waals surface area (Å²) in [5, 5.41) is 2.94. The minimum absolute atomic E-state index is 0.00637. The van der Waals surface area contributed by atoms with E-state index in [2.05, 4.69) is 19.2 Å². The van der Waals surface area contributed by atoms with Crippen molar-refractivity contribution in [3.8, 4) is 0 Å². The van der Waals surface area contributed by atoms with Crippen molar-refractivity contribution in [3.05, 3.63) is 29.8 Å². The second-order valence-corrected chi connectivity index (χ2v) is 6.44. The van der Waals surface area contributed by atoms with Crippen molar-refractivity contribution in [1.29, 1.82) is 0 Å². The molecular formula is C18H28N3O3+. The van der Waals surface area contributed by atoms with Gasteiger partial charge in [-0.3, -0.25) is 9.69 Å². The first-order valence-electron chi connectivity index (χ1n) is 8.64. The fraction of sp³-hybridized carbons (Fsp3) is 0.556. The molecule has 0 radical (unpaired) electrons. The maximum absolute atomic E-state index is 12.2. The topological polar surface area (TPSA) is 63.1 Å². The molecule has 0 aromatic heterocycles. The Morgan fingerprint density at radius 2 is 1.83 bits per heavy atom. The van der Waals surface area contributed by atoms with Gasteiger partial charge in [0.25, 0.3) is 5.91 Å². The van der Waals surface area contributed by atoms with E-state index in [1.54, 1.807) is 11.8 Å². The lowest BCUT2D eigenvalue weighted by Gasteiger charge is -2.31. The molecule has 0 aliphatic carbocycles. The van der Waals surface area contributed by atoms with Crippen LogP contribution in [0.15, 0.2) is 24.3 Å². The Hall–Kier alpha value is -2.08. The van der Waals surface area contributed by atoms with Gasteiger partial charge >= 0.3 is 6.09 Å². The molecule has 24 heavy (non-hydrogen) atoms. The number of hydrogen-bond acceptors (Lipinski definition) is 3. The van der Waals surface area contributed by atoms with Crippen LogP contribution in [0.3, 0.4) is 0 Å². The second kappa shape index (κ2) is 8.68. The van der Waals surface area contributed by atoms with Gasteiger partial charge < -0.3 is 15.0 Å². The number of anilines is 1. The van der Waals surface area contributed by atoms with Crippen LogP contribution < -0.4 is 10.2 Å². The SMILES string of the molecule is CCOC(=O)N1CC[NH+](CC(=O)Nc2ccc(C(C)C)cc2)CC1. The van der Waals surface area contributed by atoms with Gasteiger partial charge in [-0.25, -0.2) is 4.79 Å². The monoisotopic (exact) mass is 334 g/mol. The first-order valence-corrected chi connectivity index (χ1v) is 8.64. The first kappa shape index (κ1) is 18.3. The summed E-state index contributed by atoms with van der Waals surface area (Å²) >= 11 is 0. The van der Waals surface area contributed by atoms with Crippen molar-refractivity contribution in [2.24, 2.45) is 0 Å². The summed E-state index contributed by atoms with van der Waals surface area (Å²) < 4.78 is 5.00. The molecule has 6 nitrogen and oxygen atoms in total. The number of amides is 2. The number of nitrogens with one attached hydrogen (secondary N) is 2. The standard InChI is InChI=1S/C18H27N3O3/c1-4-24-18(23)21-11-9-20(10-12-21)13-17(22)19-16-7-5-15(6-8-16)14(2)3/h5-8,14H,4,9-13H2,1-3H3,(H,19,22)/p+1. The second-order valence-electron chi connectivity index (χ2n) is 6.44. The number of carbonyl (C=O) groups is 2. The van der Waals surface area contributed by atoms with Crippen LogP contribution in [0.1, 0.15) is 32.3 Å². The number of rotatable bonds is 5. The van der Waals surface area contributed by atoms with E-state index in [9.17, 15) is 9.59 Å². The quantitative estimate of drug-likeness (QED) is 0.848. The molecule has 1 aromatic carbocycles. The Morgan fingerprint density at radius 1 is 1.21 bits per heavy atom. The van der Waals surface area contributed by atoms with Gasteiger partial charge in [-0.05, 0) is 30.5 Å². The molecule has 1 aliphatic heterocycles. The third kappa shape index (κ3) is 5.23. The molecule has 1 aliphatic rings. The average Bonchev–Trinajstić information content (AvgIpc) is 2.56. The number of hydrogen-bond donors (Lipinski definition) is 2. The fourth-order valence-corrected chi connectivity index (χ4v) is 2.78. The molecule has 1 aromatic rings. The third-order valence-electron chi connectivity index (χ3n) is 4.27. The van der Waals surface area contributed by atoms with Crippen LogP contribution in [0.2, 0.25) is 0 Å². The summed E-state index contributed by atoms with van der Waals surface area (Å²) in [4.78, 5) is 26.7. The number of carbonyl (C=O) groups excluding carboxylic acids is 2. The van der Waals surface area contributed by atoms with Gasteiger partial charge in [-0.1, -0.05) is 26.0 Å². The summed E-state index contributed by atoms with van der Waals surface area (Å²) in [6.45, 7) is 9.69. The molecule has 2 amide bonds. The summed E-state index contributed by atoms with van der Waals surface area (Å²) in [7, 11) is 0. The van der Waals surface area contributed by atoms with E-state index in [0.717, 1.165) is 18.8 Å². The van der Waals surface area contributed by atoms with Crippen molar-refractivity contribution in [3.63, 3.8) is 0 Å². The van der Waals surface area contributed by atoms with E-state index >= 15 is 0 Å². The highest BCUT2D eigenvalue weighted by atomic mass is 16.6. The molecule has 1 saturated heterocycles. The van der Waals surface area contributed by atoms with E-state index in [4.69, 9.17) is 4.74 Å². The molecule has 6 heteroatoms. The first-order chi connectivity index (χ1) is 11.5. The lowest BCUT2D eigenvalue weighted by atomic mass is 10.0. The molecule has 132 valence electrons. The number of ether oxygens (including phenoxy) is 1. The average molecular weight is 334 g/mol. The summed E-state index contributed by atoms with van der Waals surface area (Å²) in [6, 6.07) is 7.99. The molecule has 0 saturated carbocycles. The van der Waals surface area contributed by atoms with Gasteiger partial charge in [0.2, 0.25) is 0 Å². The number of benzene rings is 1. The maximum Gasteiger partial charge on any atom is 0.410 e. The lowest BCUT2D eigenvalue weighted by molar-refractivity contribution is -0.895. The van der Waals surface area contributed by atoms with Crippen molar-refractivity contribution >= 4 is 17.7 Å². The van der Waals surface area contributed by atoms with Gasteiger partial charge in [0, 0.05) is 5.69 Å². The molecule has 0 atom stereocenters. The van der Waals surface area contributed by atoms with Crippen LogP contribution in [-0.2, 0) is 9.53 Å². The Bertz CT molecular complexity index is 549. The third-order valence-corrected chi connectivity index (χ3v) is 4.27. The predicted molar refractivity (Wildman–Crippen MR) is 93.3 cm³/mol. The number of quaternary nitrogens is 1. The van der Waals surface area contributed by atoms with E-state index in [1.165, 1.54) is 10.5 Å². The minimum atomic E-state index is -0.258. The summed E-state index contributed by atoms with van der Waals surface area (Å²) in [5.74, 6) is 0.488. The predicted octanol–water partition coefficient (Wildman–Crippen LogP) is 1.11. The summed E-state index contributed by atoms with van der Waals surface area (Å²) in [5.41, 5.74) is 2.09. The van der Waals surface area contributed by atoms with Crippen LogP contribution in [0.4, 0.5) is 10.5 Å². The van der Waals surface area contributed by atoms with Crippen molar-refractivity contribution in [2.75, 3.05) is 44.6 Å². The van der Waals surface area contributed by atoms with E-state index < -0.39 is 0 Å². The van der Waals surface area contributed by atoms with Crippen LogP contribution in [0, 0.1) is 0 Å². The zero-order valence-electron chi connectivity index (χ0n) is 14.8. The molecule has 0 bridgehead atoms. The van der Waals surface area contributed by atoms with Crippen molar-refractivity contribution < 1.29 is 19.2 Å². The van der Waals surface area contributed by atoms with E-state index in [1.807, 2.05) is 24.3 Å². The zero-order chi connectivity index (χ0) is 17.5. The van der Waals surface area contributed by atoms with Gasteiger partial charge in [-0.15, -0.1) is 0 Å². The zero-order valence-corrected chi connectivity index (χ0v) is 14.8. The van der Waals surface area contributed by atoms with Gasteiger partial charge in [0.15, 0.2) is 6.54 Å². The van der Waals surface area contributed by atoms with E-state index in [0.29, 0.717) is 32.2 Å². The van der Waals surface area contributed by atoms with Gasteiger partial charge in [0.05, 0.1) is 32.8 Å². The van der Waals surface area contributed by atoms with Crippen LogP contribution in [0.5, 0.6) is 0 Å². The van der Waals surface area contributed by atoms with Gasteiger partial charge in [0.1, 0.15) is 0 Å². The van der Waals surface area contributed by atoms with E-state index in [-0.39, 0.29) is 12.0 Å². The maximum atomic E-state index is 12.2. The van der Waals surface area contributed by atoms with Gasteiger partial charge in [-0.2, -0.15) is 0 Å². The molecule has 1 fully saturated rings. The van der Waals surface area contributed by atoms with Crippen molar-refractivity contribution in [1.82, 2.24) is 4.90 Å². The molecule has 0 unspecified atom stereocenters. The van der Waals surface area contributed by atoms with Crippen LogP contribution in [0.25, 0.3) is 0 Å². The summed E-state index contributed by atoms with van der Waals surface area (Å²) in [6.07, 6.45) is -0.258. The highest BCUT2D eigenvalue weighted by Crippen LogP contribution is 2.16. The molecule has 2 N–H and O–H groups in total. The largest absolute Gasteiger partial charge is 0.450 e. The highest BCUT2D eigenvalue weighted by molar-refractivity contribution is 5.91. The molecule has 1 heterocycles. The lowest BCUT2D eigenvalue weighted by Crippen LogP contribution is -3.15. The fourth-order valence-electron chi connectivity index (χ4n) is 2.78. The smallest absolute Gasteiger partial charge is 0.410 e. The normalized spacial score (nSPS) is 15.4. The Kier molecular flexibility index (Phi) is 6.61. The Balaban J connectivity index is 1.76. The Labute approximate surface area is 143 Å².